The Kier molecular flexibility index (Phi) is 11.1. The highest BCUT2D eigenvalue weighted by atomic mass is 32.2. The summed E-state index contributed by atoms with van der Waals surface area (Å²) in [5.41, 5.74) is 3.58. The molecule has 0 unspecified atom stereocenters. The van der Waals surface area contributed by atoms with Gasteiger partial charge in [0.2, 0.25) is 11.8 Å². The standard InChI is InChI=1S/C32H42N4O5S/c1-23(2)33-32(38)30(20-26-12-9-8-10-13-26)35(21-27-14-11-15-28(19-27)41-7)31(37)22-36(42(39,40)34(5)6)29-18-24(3)16-17-25(29)4/h8-19,23,30H,20-22H2,1-7H3,(H,33,38)/t30-/m1/s1. The normalized spacial score (nSPS) is 12.2. The number of amides is 2. The molecule has 0 heterocycles. The number of rotatable bonds is 13. The van der Waals surface area contributed by atoms with Crippen LogP contribution in [0, 0.1) is 13.8 Å². The van der Waals surface area contributed by atoms with Crippen LogP contribution >= 0.6 is 0 Å². The third kappa shape index (κ3) is 8.33. The van der Waals surface area contributed by atoms with E-state index >= 15 is 0 Å². The lowest BCUT2D eigenvalue weighted by Gasteiger charge is -2.35. The molecular weight excluding hydrogens is 552 g/mol. The quantitative estimate of drug-likeness (QED) is 0.322. The third-order valence-electron chi connectivity index (χ3n) is 6.84. The van der Waals surface area contributed by atoms with Gasteiger partial charge in [-0.25, -0.2) is 4.31 Å². The first kappa shape index (κ1) is 32.6. The van der Waals surface area contributed by atoms with Crippen LogP contribution in [0.3, 0.4) is 0 Å². The summed E-state index contributed by atoms with van der Waals surface area (Å²) in [4.78, 5) is 29.5. The molecule has 0 spiro atoms. The van der Waals surface area contributed by atoms with Crippen LogP contribution < -0.4 is 14.4 Å². The van der Waals surface area contributed by atoms with Crippen molar-refractivity contribution in [3.05, 3.63) is 95.1 Å². The van der Waals surface area contributed by atoms with E-state index < -0.39 is 28.7 Å². The van der Waals surface area contributed by atoms with Gasteiger partial charge in [0.1, 0.15) is 18.3 Å². The Hall–Kier alpha value is -3.89. The molecule has 42 heavy (non-hydrogen) atoms. The number of hydrogen-bond acceptors (Lipinski definition) is 5. The van der Waals surface area contributed by atoms with Crippen molar-refractivity contribution in [3.63, 3.8) is 0 Å². The van der Waals surface area contributed by atoms with Crippen LogP contribution in [0.5, 0.6) is 5.75 Å². The number of benzene rings is 3. The summed E-state index contributed by atoms with van der Waals surface area (Å²) in [6, 6.07) is 21.1. The summed E-state index contributed by atoms with van der Waals surface area (Å²) >= 11 is 0. The molecule has 9 nitrogen and oxygen atoms in total. The smallest absolute Gasteiger partial charge is 0.304 e. The lowest BCUT2D eigenvalue weighted by molar-refractivity contribution is -0.140. The van der Waals surface area contributed by atoms with Crippen LogP contribution in [0.2, 0.25) is 0 Å². The van der Waals surface area contributed by atoms with Crippen molar-refractivity contribution >= 4 is 27.7 Å². The molecule has 0 aliphatic heterocycles. The van der Waals surface area contributed by atoms with Crippen molar-refractivity contribution in [2.75, 3.05) is 32.1 Å². The van der Waals surface area contributed by atoms with Crippen LogP contribution in [0.25, 0.3) is 0 Å². The fourth-order valence-electron chi connectivity index (χ4n) is 4.59. The van der Waals surface area contributed by atoms with Gasteiger partial charge in [0, 0.05) is 33.1 Å². The molecule has 2 amide bonds. The Balaban J connectivity index is 2.14. The lowest BCUT2D eigenvalue weighted by atomic mass is 10.0. The molecule has 0 saturated carbocycles. The molecule has 3 aromatic carbocycles. The van der Waals surface area contributed by atoms with Gasteiger partial charge in [0.25, 0.3) is 0 Å². The van der Waals surface area contributed by atoms with Gasteiger partial charge < -0.3 is 15.0 Å². The molecule has 226 valence electrons. The van der Waals surface area contributed by atoms with E-state index in [-0.39, 0.29) is 24.9 Å². The van der Waals surface area contributed by atoms with E-state index in [9.17, 15) is 18.0 Å². The summed E-state index contributed by atoms with van der Waals surface area (Å²) < 4.78 is 34.8. The first-order chi connectivity index (χ1) is 19.8. The topological polar surface area (TPSA) is 99.3 Å². The average Bonchev–Trinajstić information content (AvgIpc) is 2.95. The van der Waals surface area contributed by atoms with Crippen molar-refractivity contribution in [2.45, 2.75) is 52.7 Å². The molecule has 3 aromatic rings. The second-order valence-corrected chi connectivity index (χ2v) is 12.9. The zero-order chi connectivity index (χ0) is 31.0. The van der Waals surface area contributed by atoms with Crippen LogP contribution in [0.15, 0.2) is 72.8 Å². The SMILES string of the molecule is COc1cccc(CN(C(=O)CN(c2cc(C)ccc2C)S(=O)(=O)N(C)C)[C@H](Cc2ccccc2)C(=O)NC(C)C)c1. The minimum Gasteiger partial charge on any atom is -0.497 e. The van der Waals surface area contributed by atoms with Crippen LogP contribution in [0.1, 0.15) is 36.1 Å². The van der Waals surface area contributed by atoms with E-state index in [1.807, 2.05) is 75.4 Å². The maximum atomic E-state index is 14.4. The summed E-state index contributed by atoms with van der Waals surface area (Å²) in [6.45, 7) is 6.97. The van der Waals surface area contributed by atoms with Gasteiger partial charge in [0.15, 0.2) is 0 Å². The molecule has 0 bridgehead atoms. The van der Waals surface area contributed by atoms with Crippen molar-refractivity contribution in [2.24, 2.45) is 0 Å². The number of hydrogen-bond donors (Lipinski definition) is 1. The number of nitrogens with one attached hydrogen (secondary N) is 1. The molecule has 0 aromatic heterocycles. The zero-order valence-corrected chi connectivity index (χ0v) is 26.3. The number of nitrogens with zero attached hydrogens (tertiary/aromatic N) is 3. The van der Waals surface area contributed by atoms with Gasteiger partial charge in [-0.3, -0.25) is 9.59 Å². The average molecular weight is 595 g/mol. The molecule has 10 heteroatoms. The van der Waals surface area contributed by atoms with E-state index in [0.29, 0.717) is 17.0 Å². The molecule has 0 fully saturated rings. The summed E-state index contributed by atoms with van der Waals surface area (Å²) in [5, 5.41) is 2.96. The second-order valence-electron chi connectivity index (χ2n) is 10.8. The van der Waals surface area contributed by atoms with Crippen molar-refractivity contribution in [3.8, 4) is 5.75 Å². The predicted molar refractivity (Wildman–Crippen MR) is 167 cm³/mol. The summed E-state index contributed by atoms with van der Waals surface area (Å²) in [5.74, 6) is -0.221. The first-order valence-corrected chi connectivity index (χ1v) is 15.3. The minimum absolute atomic E-state index is 0.0711. The minimum atomic E-state index is -4.07. The summed E-state index contributed by atoms with van der Waals surface area (Å²) in [7, 11) is 0.353. The first-order valence-electron chi connectivity index (χ1n) is 13.9. The Morgan fingerprint density at radius 1 is 0.905 bits per heavy atom. The Morgan fingerprint density at radius 2 is 1.57 bits per heavy atom. The van der Waals surface area contributed by atoms with E-state index in [1.165, 1.54) is 19.0 Å². The highest BCUT2D eigenvalue weighted by Crippen LogP contribution is 2.26. The maximum absolute atomic E-state index is 14.4. The Morgan fingerprint density at radius 3 is 2.19 bits per heavy atom. The number of carbonyl (C=O) groups is 2. The number of carbonyl (C=O) groups excluding carboxylic acids is 2. The van der Waals surface area contributed by atoms with Crippen molar-refractivity contribution in [1.82, 2.24) is 14.5 Å². The number of ether oxygens (including phenoxy) is 1. The Labute approximate surface area is 250 Å². The molecule has 3 rings (SSSR count). The maximum Gasteiger partial charge on any atom is 0.304 e. The molecule has 0 radical (unpaired) electrons. The van der Waals surface area contributed by atoms with Crippen LogP contribution in [0.4, 0.5) is 5.69 Å². The van der Waals surface area contributed by atoms with Crippen LogP contribution in [-0.2, 0) is 32.8 Å². The highest BCUT2D eigenvalue weighted by molar-refractivity contribution is 7.90. The van der Waals surface area contributed by atoms with Gasteiger partial charge in [-0.2, -0.15) is 12.7 Å². The number of aryl methyl sites for hydroxylation is 2. The van der Waals surface area contributed by atoms with Gasteiger partial charge in [-0.05, 0) is 68.1 Å². The third-order valence-corrected chi connectivity index (χ3v) is 8.65. The summed E-state index contributed by atoms with van der Waals surface area (Å²) in [6.07, 6.45) is 0.249. The Bertz CT molecular complexity index is 1480. The van der Waals surface area contributed by atoms with E-state index in [2.05, 4.69) is 5.32 Å². The monoisotopic (exact) mass is 594 g/mol. The molecular formula is C32H42N4O5S. The second kappa shape index (κ2) is 14.3. The molecule has 0 saturated heterocycles. The molecule has 0 aliphatic rings. The molecule has 1 N–H and O–H groups in total. The highest BCUT2D eigenvalue weighted by Gasteiger charge is 2.35. The van der Waals surface area contributed by atoms with Crippen molar-refractivity contribution in [1.29, 1.82) is 0 Å². The zero-order valence-electron chi connectivity index (χ0n) is 25.5. The largest absolute Gasteiger partial charge is 0.497 e. The van der Waals surface area contributed by atoms with Crippen LogP contribution in [-0.4, -0.2) is 69.3 Å². The number of methoxy groups -OCH3 is 1. The van der Waals surface area contributed by atoms with Gasteiger partial charge in [-0.15, -0.1) is 0 Å². The van der Waals surface area contributed by atoms with E-state index in [4.69, 9.17) is 4.74 Å². The molecule has 1 atom stereocenters. The number of anilines is 1. The molecule has 0 aliphatic carbocycles. The van der Waals surface area contributed by atoms with Gasteiger partial charge in [0.05, 0.1) is 12.8 Å². The van der Waals surface area contributed by atoms with Gasteiger partial charge >= 0.3 is 10.2 Å². The van der Waals surface area contributed by atoms with Gasteiger partial charge in [-0.1, -0.05) is 54.6 Å². The van der Waals surface area contributed by atoms with Crippen molar-refractivity contribution < 1.29 is 22.7 Å². The lowest BCUT2D eigenvalue weighted by Crippen LogP contribution is -2.55. The predicted octanol–water partition coefficient (Wildman–Crippen LogP) is 4.09. The fourth-order valence-corrected chi connectivity index (χ4v) is 5.71. The van der Waals surface area contributed by atoms with E-state index in [1.54, 1.807) is 32.2 Å². The van der Waals surface area contributed by atoms with E-state index in [0.717, 1.165) is 25.3 Å². The fraction of sp³-hybridized carbons (Fsp3) is 0.375.